The van der Waals surface area contributed by atoms with Gasteiger partial charge in [-0.1, -0.05) is 303 Å². The molecule has 0 N–H and O–H groups in total. The van der Waals surface area contributed by atoms with Crippen LogP contribution in [0.15, 0.2) is 406 Å². The molecule has 4 aliphatic rings. The van der Waals surface area contributed by atoms with E-state index in [4.69, 9.17) is 0 Å². The van der Waals surface area contributed by atoms with Crippen molar-refractivity contribution < 1.29 is 0 Å². The van der Waals surface area contributed by atoms with E-state index < -0.39 is 0 Å². The van der Waals surface area contributed by atoms with Crippen LogP contribution in [0.1, 0.15) is 77.9 Å². The quantitative estimate of drug-likeness (QED) is 0.0894. The van der Waals surface area contributed by atoms with Gasteiger partial charge < -0.3 is 24.5 Å². The third-order valence-corrected chi connectivity index (χ3v) is 30.8. The number of hydrogen-bond donors (Lipinski definition) is 0. The Morgan fingerprint density at radius 2 is 0.418 bits per heavy atom. The first-order valence-electron chi connectivity index (χ1n) is 49.7. The molecule has 24 rings (SSSR count). The summed E-state index contributed by atoms with van der Waals surface area (Å²) in [6.07, 6.45) is 0. The molecule has 0 unspecified atom stereocenters. The minimum absolute atomic E-state index is 0.368. The molecule has 141 heavy (non-hydrogen) atoms. The average molecular weight is 1810 g/mol. The fourth-order valence-corrected chi connectivity index (χ4v) is 24.6. The molecule has 4 aliphatic heterocycles. The van der Waals surface area contributed by atoms with Crippen LogP contribution in [0.4, 0.5) is 85.3 Å². The predicted octanol–water partition coefficient (Wildman–Crippen LogP) is 32.6. The Bertz CT molecular complexity index is 8160. The lowest BCUT2D eigenvalue weighted by Crippen LogP contribution is -2.65. The molecular weight excluding hydrogens is 1700 g/mol. The van der Waals surface area contributed by atoms with Crippen LogP contribution in [-0.2, 0) is 0 Å². The van der Waals surface area contributed by atoms with Crippen LogP contribution in [0.3, 0.4) is 0 Å². The molecule has 4 heterocycles. The number of hydrogen-bond acceptors (Lipinski definition) is 5. The highest BCUT2D eigenvalue weighted by Crippen LogP contribution is 2.57. The first kappa shape index (κ1) is 87.3. The van der Waals surface area contributed by atoms with Crippen molar-refractivity contribution in [3.63, 3.8) is 0 Å². The van der Waals surface area contributed by atoms with Gasteiger partial charge in [0.2, 0.25) is 0 Å². The molecule has 676 valence electrons. The summed E-state index contributed by atoms with van der Waals surface area (Å²) in [6, 6.07) is 157. The Hall–Kier alpha value is -16.5. The number of benzene rings is 20. The summed E-state index contributed by atoms with van der Waals surface area (Å²) in [4.78, 5) is 13.2. The summed E-state index contributed by atoms with van der Waals surface area (Å²) in [6.45, 7) is 31.0. The average Bonchev–Trinajstić information content (AvgIpc) is 0.677. The van der Waals surface area contributed by atoms with Crippen LogP contribution in [0.2, 0.25) is 0 Å². The number of para-hydroxylation sites is 2. The molecule has 0 saturated carbocycles. The van der Waals surface area contributed by atoms with Crippen LogP contribution in [-0.4, -0.2) is 13.4 Å². The Labute approximate surface area is 831 Å². The first-order valence-corrected chi connectivity index (χ1v) is 49.7. The van der Waals surface area contributed by atoms with E-state index in [9.17, 15) is 0 Å². The van der Waals surface area contributed by atoms with Crippen molar-refractivity contribution in [3.05, 3.63) is 484 Å². The monoisotopic (exact) mass is 1810 g/mol. The highest BCUT2D eigenvalue weighted by molar-refractivity contribution is 7.03. The van der Waals surface area contributed by atoms with Gasteiger partial charge in [-0.25, -0.2) is 0 Å². The molecule has 0 fully saturated rings. The lowest BCUT2D eigenvalue weighted by atomic mass is 9.30. The van der Waals surface area contributed by atoms with Gasteiger partial charge in [0.15, 0.2) is 0 Å². The van der Waals surface area contributed by atoms with Crippen LogP contribution < -0.4 is 57.3 Å². The maximum absolute atomic E-state index is 2.76. The van der Waals surface area contributed by atoms with Gasteiger partial charge in [0.05, 0.1) is 11.4 Å². The van der Waals surface area contributed by atoms with E-state index in [1.165, 1.54) is 183 Å². The summed E-state index contributed by atoms with van der Waals surface area (Å²) in [5, 5.41) is 0. The third kappa shape index (κ3) is 14.6. The predicted molar refractivity (Wildman–Crippen MR) is 604 cm³/mol. The van der Waals surface area contributed by atoms with Crippen LogP contribution in [0, 0.1) is 96.9 Å². The van der Waals surface area contributed by atoms with E-state index in [2.05, 4.69) is 528 Å². The van der Waals surface area contributed by atoms with Gasteiger partial charge in [-0.3, -0.25) is 0 Å². The third-order valence-electron chi connectivity index (χ3n) is 30.8. The zero-order valence-electron chi connectivity index (χ0n) is 82.6. The number of nitrogens with zero attached hydrogens (tertiary/aromatic N) is 5. The van der Waals surface area contributed by atoms with Crippen molar-refractivity contribution in [2.45, 2.75) is 96.9 Å². The second-order valence-electron chi connectivity index (χ2n) is 39.7. The topological polar surface area (TPSA) is 16.2 Å². The number of anilines is 15. The molecule has 0 atom stereocenters. The van der Waals surface area contributed by atoms with E-state index in [1.54, 1.807) is 0 Å². The van der Waals surface area contributed by atoms with Gasteiger partial charge in [-0.2, -0.15) is 0 Å². The minimum atomic E-state index is -0.386. The Morgan fingerprint density at radius 3 is 0.759 bits per heavy atom. The van der Waals surface area contributed by atoms with Crippen LogP contribution in [0.25, 0.3) is 100 Å². The standard InChI is InChI=1S/C134H109B2N5/c1-82-32-24-33-83(2)125(82)98-54-64-106(65-55-98)137(107-66-56-99(57-67-107)126-84(3)34-25-35-85(126)4)110-78-123-133-124(79-110)140(105-50-22-17-23-51-105)119-81-120-116(80-115(119)135(133)114-75-103(130-92(11)42-29-43-93(130)12)63-73-118(114)139(123)109-70-60-101(61-71-109)128-88(7)38-27-39-89(128)8)136-113-74-102(129-90(9)40-28-41-91(129)10)62-72-117(113)138(108-68-58-100(59-69-108)127-86(5)36-26-37-87(127)6)121-76-104(131-94(13)44-30-45-95(131)14)77-122(132(121)136)141(120)134-111(96-46-18-15-19-47-96)52-31-53-112(134)97-48-20-16-21-49-97/h15-81H,1-14H3. The van der Waals surface area contributed by atoms with E-state index >= 15 is 0 Å². The van der Waals surface area contributed by atoms with Gasteiger partial charge in [0.1, 0.15) is 0 Å². The summed E-state index contributed by atoms with van der Waals surface area (Å²) in [5.74, 6) is 0. The van der Waals surface area contributed by atoms with Gasteiger partial charge in [-0.05, 0) is 400 Å². The Morgan fingerprint density at radius 1 is 0.163 bits per heavy atom. The summed E-state index contributed by atoms with van der Waals surface area (Å²) in [7, 11) is 0. The molecule has 0 aliphatic carbocycles. The zero-order valence-corrected chi connectivity index (χ0v) is 82.6. The van der Waals surface area contributed by atoms with Gasteiger partial charge >= 0.3 is 0 Å². The number of rotatable bonds is 16. The summed E-state index contributed by atoms with van der Waals surface area (Å²) in [5.41, 5.74) is 62.3. The lowest BCUT2D eigenvalue weighted by Gasteiger charge is -2.48. The molecule has 0 aromatic heterocycles. The van der Waals surface area contributed by atoms with E-state index in [-0.39, 0.29) is 13.4 Å². The highest BCUT2D eigenvalue weighted by Gasteiger charge is 2.50. The summed E-state index contributed by atoms with van der Waals surface area (Å²) >= 11 is 0. The lowest BCUT2D eigenvalue weighted by molar-refractivity contribution is 1.22. The van der Waals surface area contributed by atoms with Crippen molar-refractivity contribution in [2.24, 2.45) is 0 Å². The van der Waals surface area contributed by atoms with Crippen molar-refractivity contribution in [1.82, 2.24) is 0 Å². The molecule has 20 aromatic carbocycles. The molecular formula is C134H109B2N5. The van der Waals surface area contributed by atoms with Gasteiger partial charge in [0.25, 0.3) is 13.4 Å². The largest absolute Gasteiger partial charge is 0.311 e. The molecule has 5 nitrogen and oxygen atoms in total. The molecule has 7 heteroatoms. The smallest absolute Gasteiger partial charge is 0.252 e. The minimum Gasteiger partial charge on any atom is -0.311 e. The van der Waals surface area contributed by atoms with Crippen molar-refractivity contribution in [1.29, 1.82) is 0 Å². The normalized spacial score (nSPS) is 12.5. The zero-order chi connectivity index (χ0) is 96.0. The second-order valence-corrected chi connectivity index (χ2v) is 39.7. The molecule has 20 aromatic rings. The fraction of sp³-hybridized carbons (Fsp3) is 0.104. The van der Waals surface area contributed by atoms with Crippen molar-refractivity contribution >= 4 is 132 Å². The molecule has 0 bridgehead atoms. The summed E-state index contributed by atoms with van der Waals surface area (Å²) < 4.78 is 0. The SMILES string of the molecule is Cc1cccc(C)c1-c1ccc(N(c2ccc(-c3c(C)cccc3C)cc2)c2cc3c4c(c2)N(c2ccccc2)c2cc5c(cc2B4c2cc(-c4c(C)cccc4C)ccc2N3c2ccc(-c3c(C)cccc3C)cc2)B2c3cc(-c4c(C)cccc4C)ccc3N(c3ccc(-c4c(C)cccc4C)cc3)c3cc(-c4c(C)cccc4C)cc(c32)N5c2c(-c3ccccc3)cccc2-c2ccccc2)cc1. The van der Waals surface area contributed by atoms with Crippen LogP contribution in [0.5, 0.6) is 0 Å². The van der Waals surface area contributed by atoms with Crippen molar-refractivity contribution in [3.8, 4) is 100 Å². The van der Waals surface area contributed by atoms with Crippen molar-refractivity contribution in [2.75, 3.05) is 24.5 Å². The molecule has 0 spiro atoms. The van der Waals surface area contributed by atoms with E-state index in [1.807, 2.05) is 0 Å². The first-order chi connectivity index (χ1) is 68.8. The highest BCUT2D eigenvalue weighted by atomic mass is 15.2. The fourth-order valence-electron chi connectivity index (χ4n) is 24.6. The Balaban J connectivity index is 0.859. The molecule has 0 amide bonds. The number of aryl methyl sites for hydroxylation is 14. The Kier molecular flexibility index (Phi) is 21.6. The second kappa shape index (κ2) is 34.9. The molecule has 0 radical (unpaired) electrons. The van der Waals surface area contributed by atoms with Gasteiger partial charge in [0, 0.05) is 85.1 Å². The maximum Gasteiger partial charge on any atom is 0.252 e. The van der Waals surface area contributed by atoms with Gasteiger partial charge in [-0.15, -0.1) is 0 Å². The number of fused-ring (bicyclic) bond motifs is 8. The maximum atomic E-state index is 2.76. The van der Waals surface area contributed by atoms with E-state index in [0.717, 1.165) is 113 Å². The molecule has 0 saturated heterocycles. The van der Waals surface area contributed by atoms with Crippen LogP contribution >= 0.6 is 0 Å². The van der Waals surface area contributed by atoms with E-state index in [0.29, 0.717) is 0 Å².